The molecular weight excluding hydrogens is 342 g/mol. The third-order valence-corrected chi connectivity index (χ3v) is 8.39. The van der Waals surface area contributed by atoms with Gasteiger partial charge in [0, 0.05) is 36.9 Å². The maximum absolute atomic E-state index is 10.2. The Hall–Kier alpha value is -1.64. The van der Waals surface area contributed by atoms with Gasteiger partial charge in [0.25, 0.3) is 0 Å². The molecule has 4 aliphatic rings. The van der Waals surface area contributed by atoms with Crippen LogP contribution in [0.2, 0.25) is 0 Å². The van der Waals surface area contributed by atoms with Crippen molar-refractivity contribution >= 4 is 0 Å². The molecule has 4 atom stereocenters. The van der Waals surface area contributed by atoms with Gasteiger partial charge < -0.3 is 10.0 Å². The van der Waals surface area contributed by atoms with Crippen LogP contribution in [0.4, 0.5) is 0 Å². The summed E-state index contributed by atoms with van der Waals surface area (Å²) >= 11 is 0. The fraction of sp³-hybridized carbons (Fsp3) is 0.538. The predicted octanol–water partition coefficient (Wildman–Crippen LogP) is 5.12. The van der Waals surface area contributed by atoms with Crippen molar-refractivity contribution in [2.24, 2.45) is 5.92 Å². The molecule has 6 rings (SSSR count). The van der Waals surface area contributed by atoms with Gasteiger partial charge in [-0.3, -0.25) is 0 Å². The van der Waals surface area contributed by atoms with E-state index in [1.807, 2.05) is 6.92 Å². The van der Waals surface area contributed by atoms with Crippen LogP contribution in [0.25, 0.3) is 0 Å². The smallest absolute Gasteiger partial charge is 0.0762 e. The molecule has 2 aromatic carbocycles. The summed E-state index contributed by atoms with van der Waals surface area (Å²) in [4.78, 5) is 2.80. The van der Waals surface area contributed by atoms with E-state index in [0.29, 0.717) is 11.8 Å². The van der Waals surface area contributed by atoms with Crippen LogP contribution >= 0.6 is 0 Å². The van der Waals surface area contributed by atoms with Gasteiger partial charge in [-0.1, -0.05) is 55.3 Å². The minimum absolute atomic E-state index is 0.248. The molecule has 4 unspecified atom stereocenters. The van der Waals surface area contributed by atoms with Gasteiger partial charge in [0.1, 0.15) is 0 Å². The lowest BCUT2D eigenvalue weighted by molar-refractivity contribution is 0.199. The highest BCUT2D eigenvalue weighted by molar-refractivity contribution is 5.59. The Bertz CT molecular complexity index is 912. The summed E-state index contributed by atoms with van der Waals surface area (Å²) < 4.78 is 0. The molecule has 0 radical (unpaired) electrons. The highest BCUT2D eigenvalue weighted by atomic mass is 16.3. The summed E-state index contributed by atoms with van der Waals surface area (Å²) in [6.07, 6.45) is 6.58. The van der Waals surface area contributed by atoms with Crippen molar-refractivity contribution in [3.63, 3.8) is 0 Å². The zero-order valence-electron chi connectivity index (χ0n) is 16.9. The van der Waals surface area contributed by atoms with Crippen molar-refractivity contribution in [3.8, 4) is 0 Å². The molecule has 28 heavy (non-hydrogen) atoms. The van der Waals surface area contributed by atoms with Crippen molar-refractivity contribution in [2.45, 2.75) is 62.4 Å². The minimum atomic E-state index is -0.390. The van der Waals surface area contributed by atoms with Gasteiger partial charge >= 0.3 is 0 Å². The van der Waals surface area contributed by atoms with Crippen LogP contribution < -0.4 is 0 Å². The molecule has 1 spiro atoms. The standard InChI is InChI=1S/C26H31NO/c1-17(28)19-10-11-22-23-13-26(24(22)12-19)16-27(14-18-6-2-3-7-18)15-25(26)21-9-5-4-8-20(21)23/h4-5,8-12,17-18,23,25,28H,2-3,6-7,13-16H2,1H3. The first-order valence-electron chi connectivity index (χ1n) is 11.3. The molecule has 0 amide bonds. The largest absolute Gasteiger partial charge is 0.389 e. The normalized spacial score (nSPS) is 32.2. The summed E-state index contributed by atoms with van der Waals surface area (Å²) in [5.74, 6) is 2.05. The minimum Gasteiger partial charge on any atom is -0.389 e. The summed E-state index contributed by atoms with van der Waals surface area (Å²) in [7, 11) is 0. The van der Waals surface area contributed by atoms with E-state index in [0.717, 1.165) is 11.5 Å². The average molecular weight is 374 g/mol. The average Bonchev–Trinajstić information content (AvgIpc) is 3.41. The molecule has 146 valence electrons. The van der Waals surface area contributed by atoms with Gasteiger partial charge in [-0.2, -0.15) is 0 Å². The van der Waals surface area contributed by atoms with Crippen LogP contribution in [0.15, 0.2) is 42.5 Å². The van der Waals surface area contributed by atoms with Gasteiger partial charge in [0.2, 0.25) is 0 Å². The lowest BCUT2D eigenvalue weighted by Gasteiger charge is -2.37. The van der Waals surface area contributed by atoms with E-state index in [4.69, 9.17) is 0 Å². The summed E-state index contributed by atoms with van der Waals surface area (Å²) in [6, 6.07) is 16.1. The fourth-order valence-electron chi connectivity index (χ4n) is 7.16. The molecular formula is C26H31NO. The molecule has 3 aliphatic carbocycles. The molecule has 0 aromatic heterocycles. The fourth-order valence-corrected chi connectivity index (χ4v) is 7.16. The maximum atomic E-state index is 10.2. The number of hydrogen-bond donors (Lipinski definition) is 1. The van der Waals surface area contributed by atoms with E-state index in [1.165, 1.54) is 57.3 Å². The summed E-state index contributed by atoms with van der Waals surface area (Å²) in [5, 5.41) is 10.2. The van der Waals surface area contributed by atoms with Crippen LogP contribution in [0.3, 0.4) is 0 Å². The van der Waals surface area contributed by atoms with E-state index in [1.54, 1.807) is 16.7 Å². The van der Waals surface area contributed by atoms with Crippen molar-refractivity contribution < 1.29 is 5.11 Å². The highest BCUT2D eigenvalue weighted by Gasteiger charge is 2.58. The number of nitrogens with zero attached hydrogens (tertiary/aromatic N) is 1. The number of fused-ring (bicyclic) bond motifs is 3. The van der Waals surface area contributed by atoms with Gasteiger partial charge in [-0.15, -0.1) is 0 Å². The number of benzene rings is 2. The number of aliphatic hydroxyl groups is 1. The van der Waals surface area contributed by atoms with E-state index < -0.39 is 0 Å². The topological polar surface area (TPSA) is 23.5 Å². The molecule has 1 saturated heterocycles. The van der Waals surface area contributed by atoms with E-state index in [9.17, 15) is 5.11 Å². The lowest BCUT2D eigenvalue weighted by Crippen LogP contribution is -2.35. The SMILES string of the molecule is CC(O)c1ccc2c(c1)C13CC2c2ccccc2C1CN(CC1CCCC1)C3. The Morgan fingerprint density at radius 3 is 2.64 bits per heavy atom. The quantitative estimate of drug-likeness (QED) is 0.807. The first-order chi connectivity index (χ1) is 13.7. The number of aliphatic hydroxyl groups excluding tert-OH is 1. The van der Waals surface area contributed by atoms with Crippen LogP contribution in [-0.4, -0.2) is 29.6 Å². The van der Waals surface area contributed by atoms with Gasteiger partial charge in [0.15, 0.2) is 0 Å². The summed E-state index contributed by atoms with van der Waals surface area (Å²) in [6.45, 7) is 5.60. The molecule has 2 fully saturated rings. The van der Waals surface area contributed by atoms with Crippen LogP contribution in [0, 0.1) is 5.92 Å². The molecule has 2 nitrogen and oxygen atoms in total. The third kappa shape index (κ3) is 2.34. The second kappa shape index (κ2) is 6.18. The zero-order valence-corrected chi connectivity index (χ0v) is 16.9. The van der Waals surface area contributed by atoms with Crippen molar-refractivity contribution in [2.75, 3.05) is 19.6 Å². The molecule has 2 aromatic rings. The van der Waals surface area contributed by atoms with Crippen LogP contribution in [0.1, 0.15) is 84.8 Å². The van der Waals surface area contributed by atoms with Crippen LogP contribution in [0.5, 0.6) is 0 Å². The van der Waals surface area contributed by atoms with E-state index in [-0.39, 0.29) is 11.5 Å². The van der Waals surface area contributed by atoms with Crippen molar-refractivity contribution in [1.82, 2.24) is 4.90 Å². The van der Waals surface area contributed by atoms with E-state index >= 15 is 0 Å². The maximum Gasteiger partial charge on any atom is 0.0762 e. The Labute approximate surface area is 168 Å². The molecule has 2 heteroatoms. The molecule has 1 aliphatic heterocycles. The second-order valence-electron chi connectivity index (χ2n) is 9.96. The van der Waals surface area contributed by atoms with Gasteiger partial charge in [-0.05, 0) is 59.9 Å². The molecule has 1 N–H and O–H groups in total. The molecule has 1 heterocycles. The zero-order chi connectivity index (χ0) is 18.9. The number of likely N-dealkylation sites (tertiary alicyclic amines) is 1. The summed E-state index contributed by atoms with van der Waals surface area (Å²) in [5.41, 5.74) is 7.57. The van der Waals surface area contributed by atoms with Crippen molar-refractivity contribution in [1.29, 1.82) is 0 Å². The monoisotopic (exact) mass is 373 g/mol. The molecule has 2 bridgehead atoms. The lowest BCUT2D eigenvalue weighted by atomic mass is 9.65. The Kier molecular flexibility index (Phi) is 3.80. The molecule has 1 saturated carbocycles. The first-order valence-corrected chi connectivity index (χ1v) is 11.3. The number of hydrogen-bond acceptors (Lipinski definition) is 2. The predicted molar refractivity (Wildman–Crippen MR) is 113 cm³/mol. The van der Waals surface area contributed by atoms with Gasteiger partial charge in [-0.25, -0.2) is 0 Å². The Morgan fingerprint density at radius 1 is 1.07 bits per heavy atom. The highest BCUT2D eigenvalue weighted by Crippen LogP contribution is 2.63. The Balaban J connectivity index is 1.46. The van der Waals surface area contributed by atoms with Gasteiger partial charge in [0.05, 0.1) is 6.10 Å². The first kappa shape index (κ1) is 17.2. The van der Waals surface area contributed by atoms with Crippen LogP contribution in [-0.2, 0) is 5.41 Å². The Morgan fingerprint density at radius 2 is 1.86 bits per heavy atom. The number of rotatable bonds is 3. The van der Waals surface area contributed by atoms with E-state index in [2.05, 4.69) is 47.4 Å². The van der Waals surface area contributed by atoms with Crippen molar-refractivity contribution in [3.05, 3.63) is 70.3 Å². The second-order valence-corrected chi connectivity index (χ2v) is 9.96. The third-order valence-electron chi connectivity index (χ3n) is 8.39.